The molecule has 0 aliphatic heterocycles. The highest BCUT2D eigenvalue weighted by Crippen LogP contribution is 2.11. The fourth-order valence-corrected chi connectivity index (χ4v) is 3.00. The molecule has 114 valence electrons. The molecule has 0 aliphatic carbocycles. The van der Waals surface area contributed by atoms with E-state index in [0.717, 1.165) is 17.7 Å². The lowest BCUT2D eigenvalue weighted by atomic mass is 10.1. The van der Waals surface area contributed by atoms with Gasteiger partial charge in [0.25, 0.3) is 0 Å². The van der Waals surface area contributed by atoms with Gasteiger partial charge >= 0.3 is 0 Å². The van der Waals surface area contributed by atoms with Crippen LogP contribution >= 0.6 is 0 Å². The molecule has 20 heavy (non-hydrogen) atoms. The number of hydrogen-bond acceptors (Lipinski definition) is 4. The van der Waals surface area contributed by atoms with E-state index in [1.807, 2.05) is 38.2 Å². The molecule has 0 heterocycles. The standard InChI is InChI=1S/C14H24N2O3S/c1-4-19-9-8-16(3)20(17,18)12-14-7-5-6-13(10-14)11-15-2/h5-7,10,15H,4,8-9,11-12H2,1-3H3. The second-order valence-corrected chi connectivity index (χ2v) is 6.70. The normalized spacial score (nSPS) is 12.0. The van der Waals surface area contributed by atoms with Gasteiger partial charge in [0.2, 0.25) is 10.0 Å². The molecule has 6 heteroatoms. The molecule has 0 radical (unpaired) electrons. The number of hydrogen-bond donors (Lipinski definition) is 1. The molecular weight excluding hydrogens is 276 g/mol. The van der Waals surface area contributed by atoms with Crippen LogP contribution in [0, 0.1) is 0 Å². The van der Waals surface area contributed by atoms with E-state index in [9.17, 15) is 8.42 Å². The van der Waals surface area contributed by atoms with Gasteiger partial charge in [0.05, 0.1) is 12.4 Å². The van der Waals surface area contributed by atoms with Crippen molar-refractivity contribution in [2.75, 3.05) is 33.9 Å². The predicted molar refractivity (Wildman–Crippen MR) is 81.0 cm³/mol. The van der Waals surface area contributed by atoms with Crippen LogP contribution in [0.5, 0.6) is 0 Å². The fraction of sp³-hybridized carbons (Fsp3) is 0.571. The third kappa shape index (κ3) is 5.58. The van der Waals surface area contributed by atoms with Crippen molar-refractivity contribution in [1.29, 1.82) is 0 Å². The minimum atomic E-state index is -3.29. The zero-order valence-electron chi connectivity index (χ0n) is 12.4. The van der Waals surface area contributed by atoms with E-state index in [1.165, 1.54) is 4.31 Å². The molecule has 0 aliphatic rings. The molecule has 1 aromatic carbocycles. The molecule has 0 bridgehead atoms. The molecular formula is C14H24N2O3S. The van der Waals surface area contributed by atoms with E-state index < -0.39 is 10.0 Å². The topological polar surface area (TPSA) is 58.6 Å². The lowest BCUT2D eigenvalue weighted by molar-refractivity contribution is 0.138. The van der Waals surface area contributed by atoms with Gasteiger partial charge in [-0.2, -0.15) is 0 Å². The smallest absolute Gasteiger partial charge is 0.218 e. The first-order valence-electron chi connectivity index (χ1n) is 6.73. The average Bonchev–Trinajstić information content (AvgIpc) is 2.39. The van der Waals surface area contributed by atoms with Crippen molar-refractivity contribution in [2.24, 2.45) is 0 Å². The number of nitrogens with one attached hydrogen (secondary N) is 1. The largest absolute Gasteiger partial charge is 0.380 e. The Bertz CT molecular complexity index is 503. The number of rotatable bonds is 9. The summed E-state index contributed by atoms with van der Waals surface area (Å²) in [4.78, 5) is 0. The first kappa shape index (κ1) is 17.1. The summed E-state index contributed by atoms with van der Waals surface area (Å²) < 4.78 is 31.0. The van der Waals surface area contributed by atoms with Gasteiger partial charge < -0.3 is 10.1 Å². The molecule has 0 fully saturated rings. The minimum Gasteiger partial charge on any atom is -0.380 e. The Morgan fingerprint density at radius 1 is 1.30 bits per heavy atom. The quantitative estimate of drug-likeness (QED) is 0.696. The first-order valence-corrected chi connectivity index (χ1v) is 8.34. The van der Waals surface area contributed by atoms with Crippen LogP contribution in [0.15, 0.2) is 24.3 Å². The average molecular weight is 300 g/mol. The third-order valence-corrected chi connectivity index (χ3v) is 4.78. The Hall–Kier alpha value is -0.950. The zero-order chi connectivity index (χ0) is 15.0. The molecule has 0 aromatic heterocycles. The van der Waals surface area contributed by atoms with E-state index in [4.69, 9.17) is 4.74 Å². The van der Waals surface area contributed by atoms with Crippen LogP contribution in [-0.4, -0.2) is 46.6 Å². The van der Waals surface area contributed by atoms with Crippen molar-refractivity contribution < 1.29 is 13.2 Å². The summed E-state index contributed by atoms with van der Waals surface area (Å²) in [5.74, 6) is 0.0210. The van der Waals surface area contributed by atoms with E-state index in [0.29, 0.717) is 19.8 Å². The Kier molecular flexibility index (Phi) is 7.15. The number of sulfonamides is 1. The molecule has 0 atom stereocenters. The lowest BCUT2D eigenvalue weighted by Crippen LogP contribution is -2.31. The lowest BCUT2D eigenvalue weighted by Gasteiger charge is -2.17. The van der Waals surface area contributed by atoms with Crippen LogP contribution in [0.3, 0.4) is 0 Å². The number of nitrogens with zero attached hydrogens (tertiary/aromatic N) is 1. The van der Waals surface area contributed by atoms with Gasteiger partial charge in [-0.1, -0.05) is 24.3 Å². The summed E-state index contributed by atoms with van der Waals surface area (Å²) in [7, 11) is 0.163. The maximum absolute atomic E-state index is 12.2. The molecule has 1 N–H and O–H groups in total. The summed E-state index contributed by atoms with van der Waals surface area (Å²) >= 11 is 0. The molecule has 0 saturated carbocycles. The molecule has 0 saturated heterocycles. The Morgan fingerprint density at radius 3 is 2.65 bits per heavy atom. The summed E-state index contributed by atoms with van der Waals surface area (Å²) in [6.45, 7) is 4.02. The Morgan fingerprint density at radius 2 is 2.00 bits per heavy atom. The van der Waals surface area contributed by atoms with Crippen molar-refractivity contribution in [3.05, 3.63) is 35.4 Å². The van der Waals surface area contributed by atoms with Crippen molar-refractivity contribution in [3.8, 4) is 0 Å². The van der Waals surface area contributed by atoms with E-state index in [2.05, 4.69) is 5.32 Å². The molecule has 1 aromatic rings. The Labute approximate surface area is 122 Å². The van der Waals surface area contributed by atoms with Crippen molar-refractivity contribution in [3.63, 3.8) is 0 Å². The van der Waals surface area contributed by atoms with Crippen LogP contribution in [0.4, 0.5) is 0 Å². The predicted octanol–water partition coefficient (Wildman–Crippen LogP) is 1.20. The van der Waals surface area contributed by atoms with Crippen LogP contribution in [0.25, 0.3) is 0 Å². The van der Waals surface area contributed by atoms with Gasteiger partial charge in [-0.3, -0.25) is 0 Å². The summed E-state index contributed by atoms with van der Waals surface area (Å²) in [6, 6.07) is 7.63. The van der Waals surface area contributed by atoms with E-state index in [1.54, 1.807) is 7.05 Å². The molecule has 1 rings (SSSR count). The van der Waals surface area contributed by atoms with Gasteiger partial charge in [-0.05, 0) is 25.1 Å². The second-order valence-electron chi connectivity index (χ2n) is 4.62. The van der Waals surface area contributed by atoms with Crippen LogP contribution in [-0.2, 0) is 27.1 Å². The second kappa shape index (κ2) is 8.36. The number of benzene rings is 1. The molecule has 0 spiro atoms. The van der Waals surface area contributed by atoms with E-state index in [-0.39, 0.29) is 5.75 Å². The third-order valence-electron chi connectivity index (χ3n) is 2.95. The summed E-state index contributed by atoms with van der Waals surface area (Å²) in [6.07, 6.45) is 0. The van der Waals surface area contributed by atoms with Crippen LogP contribution < -0.4 is 5.32 Å². The molecule has 5 nitrogen and oxygen atoms in total. The van der Waals surface area contributed by atoms with Gasteiger partial charge in [-0.25, -0.2) is 12.7 Å². The highest BCUT2D eigenvalue weighted by molar-refractivity contribution is 7.88. The molecule has 0 unspecified atom stereocenters. The van der Waals surface area contributed by atoms with Crippen molar-refractivity contribution in [2.45, 2.75) is 19.2 Å². The first-order chi connectivity index (χ1) is 9.49. The highest BCUT2D eigenvalue weighted by atomic mass is 32.2. The van der Waals surface area contributed by atoms with Crippen LogP contribution in [0.1, 0.15) is 18.1 Å². The Balaban J connectivity index is 2.67. The maximum atomic E-state index is 12.2. The fourth-order valence-electron chi connectivity index (χ4n) is 1.83. The number of ether oxygens (including phenoxy) is 1. The van der Waals surface area contributed by atoms with E-state index >= 15 is 0 Å². The van der Waals surface area contributed by atoms with Crippen molar-refractivity contribution >= 4 is 10.0 Å². The van der Waals surface area contributed by atoms with Gasteiger partial charge in [-0.15, -0.1) is 0 Å². The van der Waals surface area contributed by atoms with Gasteiger partial charge in [0.15, 0.2) is 0 Å². The molecule has 0 amide bonds. The van der Waals surface area contributed by atoms with Crippen molar-refractivity contribution in [1.82, 2.24) is 9.62 Å². The maximum Gasteiger partial charge on any atom is 0.218 e. The minimum absolute atomic E-state index is 0.0210. The SMILES string of the molecule is CCOCCN(C)S(=O)(=O)Cc1cccc(CNC)c1. The summed E-state index contributed by atoms with van der Waals surface area (Å²) in [5.41, 5.74) is 1.89. The van der Waals surface area contributed by atoms with Crippen LogP contribution in [0.2, 0.25) is 0 Å². The highest BCUT2D eigenvalue weighted by Gasteiger charge is 2.18. The van der Waals surface area contributed by atoms with Gasteiger partial charge in [0.1, 0.15) is 0 Å². The number of likely N-dealkylation sites (N-methyl/N-ethyl adjacent to an activating group) is 1. The monoisotopic (exact) mass is 300 g/mol. The summed E-state index contributed by atoms with van der Waals surface area (Å²) in [5, 5.41) is 3.05. The van der Waals surface area contributed by atoms with Gasteiger partial charge in [0, 0.05) is 26.7 Å². The zero-order valence-corrected chi connectivity index (χ0v) is 13.2.